The quantitative estimate of drug-likeness (QED) is 0.673. The molecule has 27 heavy (non-hydrogen) atoms. The highest BCUT2D eigenvalue weighted by atomic mass is 16.5. The van der Waals surface area contributed by atoms with Crippen LogP contribution >= 0.6 is 0 Å². The van der Waals surface area contributed by atoms with Crippen LogP contribution in [0.2, 0.25) is 0 Å². The minimum Gasteiger partial charge on any atom is -0.465 e. The van der Waals surface area contributed by atoms with Crippen LogP contribution in [-0.2, 0) is 16.0 Å². The number of H-pyrrole nitrogens is 1. The van der Waals surface area contributed by atoms with E-state index >= 15 is 0 Å². The molecule has 3 N–H and O–H groups in total. The monoisotopic (exact) mass is 373 g/mol. The summed E-state index contributed by atoms with van der Waals surface area (Å²) in [6.07, 6.45) is 0.711. The van der Waals surface area contributed by atoms with Crippen molar-refractivity contribution in [2.45, 2.75) is 19.5 Å². The zero-order chi connectivity index (χ0) is 19.2. The molecule has 1 saturated heterocycles. The van der Waals surface area contributed by atoms with E-state index in [0.29, 0.717) is 44.3 Å². The van der Waals surface area contributed by atoms with Gasteiger partial charge in [-0.25, -0.2) is 9.59 Å². The fourth-order valence-electron chi connectivity index (χ4n) is 3.19. The molecule has 8 heteroatoms. The molecule has 1 aliphatic heterocycles. The lowest BCUT2D eigenvalue weighted by Gasteiger charge is -2.34. The van der Waals surface area contributed by atoms with Gasteiger partial charge in [-0.1, -0.05) is 24.3 Å². The van der Waals surface area contributed by atoms with Gasteiger partial charge in [-0.2, -0.15) is 0 Å². The molecule has 1 amide bonds. The Morgan fingerprint density at radius 1 is 1.37 bits per heavy atom. The van der Waals surface area contributed by atoms with E-state index in [0.717, 1.165) is 11.1 Å². The summed E-state index contributed by atoms with van der Waals surface area (Å²) in [5, 5.41) is 12.7. The fourth-order valence-corrected chi connectivity index (χ4v) is 3.19. The zero-order valence-corrected chi connectivity index (χ0v) is 15.1. The first kappa shape index (κ1) is 18.8. The average molecular weight is 373 g/mol. The number of ether oxygens (including phenoxy) is 2. The highest BCUT2D eigenvalue weighted by molar-refractivity contribution is 5.93. The number of amides is 1. The Hall–Kier alpha value is -3.00. The van der Waals surface area contributed by atoms with Crippen LogP contribution in [0, 0.1) is 0 Å². The van der Waals surface area contributed by atoms with E-state index < -0.39 is 12.1 Å². The molecule has 1 atom stereocenters. The maximum Gasteiger partial charge on any atom is 0.407 e. The van der Waals surface area contributed by atoms with Crippen LogP contribution in [0.4, 0.5) is 10.5 Å². The molecule has 1 aliphatic rings. The van der Waals surface area contributed by atoms with Gasteiger partial charge in [0.2, 0.25) is 0 Å². The number of benzene rings is 1. The first-order valence-corrected chi connectivity index (χ1v) is 8.85. The molecule has 2 aromatic rings. The second-order valence-electron chi connectivity index (χ2n) is 6.11. The molecular weight excluding hydrogens is 350 g/mol. The van der Waals surface area contributed by atoms with E-state index in [1.54, 1.807) is 19.2 Å². The van der Waals surface area contributed by atoms with E-state index in [2.05, 4.69) is 10.3 Å². The van der Waals surface area contributed by atoms with Crippen molar-refractivity contribution in [3.8, 4) is 0 Å². The van der Waals surface area contributed by atoms with Gasteiger partial charge >= 0.3 is 12.1 Å². The number of aromatic amines is 1. The van der Waals surface area contributed by atoms with Gasteiger partial charge in [-0.15, -0.1) is 0 Å². The Balaban J connectivity index is 1.78. The molecule has 3 rings (SSSR count). The molecule has 0 radical (unpaired) electrons. The molecule has 0 spiro atoms. The summed E-state index contributed by atoms with van der Waals surface area (Å²) in [6, 6.07) is 9.04. The van der Waals surface area contributed by atoms with Crippen molar-refractivity contribution in [2.75, 3.05) is 31.7 Å². The van der Waals surface area contributed by atoms with Crippen molar-refractivity contribution in [1.82, 2.24) is 9.88 Å². The highest BCUT2D eigenvalue weighted by Crippen LogP contribution is 2.28. The molecule has 1 aromatic heterocycles. The Morgan fingerprint density at radius 2 is 2.19 bits per heavy atom. The summed E-state index contributed by atoms with van der Waals surface area (Å²) < 4.78 is 10.5. The zero-order valence-electron chi connectivity index (χ0n) is 15.1. The first-order valence-electron chi connectivity index (χ1n) is 8.85. The SMILES string of the molecule is CCOC(=O)c1[nH]ccc1NCc1ccccc1C1COCCN1C(=O)O. The number of rotatable bonds is 6. The Bertz CT molecular complexity index is 804. The number of esters is 1. The van der Waals surface area contributed by atoms with Gasteiger partial charge in [-0.3, -0.25) is 4.90 Å². The normalized spacial score (nSPS) is 16.8. The molecule has 1 aromatic carbocycles. The number of nitrogens with zero attached hydrogens (tertiary/aromatic N) is 1. The number of aromatic nitrogens is 1. The number of anilines is 1. The maximum absolute atomic E-state index is 12.0. The van der Waals surface area contributed by atoms with Gasteiger partial charge in [-0.05, 0) is 24.1 Å². The predicted molar refractivity (Wildman–Crippen MR) is 98.8 cm³/mol. The molecule has 2 heterocycles. The second-order valence-corrected chi connectivity index (χ2v) is 6.11. The maximum atomic E-state index is 12.0. The van der Waals surface area contributed by atoms with Gasteiger partial charge in [0.1, 0.15) is 5.69 Å². The van der Waals surface area contributed by atoms with Gasteiger partial charge in [0.05, 0.1) is 31.5 Å². The summed E-state index contributed by atoms with van der Waals surface area (Å²) in [4.78, 5) is 27.9. The van der Waals surface area contributed by atoms with Crippen LogP contribution in [0.5, 0.6) is 0 Å². The lowest BCUT2D eigenvalue weighted by Crippen LogP contribution is -2.43. The van der Waals surface area contributed by atoms with Crippen molar-refractivity contribution in [2.24, 2.45) is 0 Å². The molecule has 8 nitrogen and oxygen atoms in total. The standard InChI is InChI=1S/C19H23N3O5/c1-2-27-18(23)17-15(7-8-20-17)21-11-13-5-3-4-6-14(13)16-12-26-10-9-22(16)19(24)25/h3-8,16,20-21H,2,9-12H2,1H3,(H,24,25). The number of carboxylic acid groups (broad SMARTS) is 1. The van der Waals surface area contributed by atoms with Crippen LogP contribution in [-0.4, -0.2) is 53.4 Å². The van der Waals surface area contributed by atoms with Gasteiger partial charge in [0.15, 0.2) is 0 Å². The van der Waals surface area contributed by atoms with Crippen molar-refractivity contribution >= 4 is 17.7 Å². The van der Waals surface area contributed by atoms with Gasteiger partial charge in [0.25, 0.3) is 0 Å². The number of hydrogen-bond acceptors (Lipinski definition) is 5. The topological polar surface area (TPSA) is 104 Å². The minimum absolute atomic E-state index is 0.298. The Kier molecular flexibility index (Phi) is 5.97. The third-order valence-electron chi connectivity index (χ3n) is 4.48. The van der Waals surface area contributed by atoms with Gasteiger partial charge < -0.3 is 24.9 Å². The Morgan fingerprint density at radius 3 is 2.96 bits per heavy atom. The third-order valence-corrected chi connectivity index (χ3v) is 4.48. The van der Waals surface area contributed by atoms with Crippen molar-refractivity contribution in [1.29, 1.82) is 0 Å². The van der Waals surface area contributed by atoms with Gasteiger partial charge in [0, 0.05) is 19.3 Å². The molecule has 0 bridgehead atoms. The molecule has 144 valence electrons. The van der Waals surface area contributed by atoms with E-state index in [1.165, 1.54) is 4.90 Å². The van der Waals surface area contributed by atoms with Crippen LogP contribution in [0.1, 0.15) is 34.6 Å². The van der Waals surface area contributed by atoms with Crippen molar-refractivity contribution in [3.05, 3.63) is 53.3 Å². The number of carbonyl (C=O) groups excluding carboxylic acids is 1. The summed E-state index contributed by atoms with van der Waals surface area (Å²) in [6.45, 7) is 3.55. The molecule has 0 saturated carbocycles. The van der Waals surface area contributed by atoms with Crippen molar-refractivity contribution < 1.29 is 24.2 Å². The fraction of sp³-hybridized carbons (Fsp3) is 0.368. The van der Waals surface area contributed by atoms with Crippen LogP contribution in [0.15, 0.2) is 36.5 Å². The summed E-state index contributed by atoms with van der Waals surface area (Å²) in [5.41, 5.74) is 2.83. The molecular formula is C19H23N3O5. The number of carbonyl (C=O) groups is 2. The largest absolute Gasteiger partial charge is 0.465 e. The van der Waals surface area contributed by atoms with Crippen molar-refractivity contribution in [3.63, 3.8) is 0 Å². The molecule has 1 fully saturated rings. The number of nitrogens with one attached hydrogen (secondary N) is 2. The lowest BCUT2D eigenvalue weighted by atomic mass is 9.98. The smallest absolute Gasteiger partial charge is 0.407 e. The highest BCUT2D eigenvalue weighted by Gasteiger charge is 2.29. The first-order chi connectivity index (χ1) is 13.1. The summed E-state index contributed by atoms with van der Waals surface area (Å²) >= 11 is 0. The van der Waals surface area contributed by atoms with E-state index in [1.807, 2.05) is 24.3 Å². The summed E-state index contributed by atoms with van der Waals surface area (Å²) in [7, 11) is 0. The second kappa shape index (κ2) is 8.59. The van der Waals surface area contributed by atoms with Crippen LogP contribution in [0.25, 0.3) is 0 Å². The predicted octanol–water partition coefficient (Wildman–Crippen LogP) is 2.85. The minimum atomic E-state index is -0.957. The van der Waals surface area contributed by atoms with Crippen LogP contribution < -0.4 is 5.32 Å². The number of hydrogen-bond donors (Lipinski definition) is 3. The Labute approximate surface area is 157 Å². The lowest BCUT2D eigenvalue weighted by molar-refractivity contribution is -0.00114. The molecule has 1 unspecified atom stereocenters. The van der Waals surface area contributed by atoms with E-state index in [9.17, 15) is 14.7 Å². The van der Waals surface area contributed by atoms with E-state index in [-0.39, 0.29) is 6.04 Å². The number of morpholine rings is 1. The summed E-state index contributed by atoms with van der Waals surface area (Å²) in [5.74, 6) is -0.420. The molecule has 0 aliphatic carbocycles. The van der Waals surface area contributed by atoms with E-state index in [4.69, 9.17) is 9.47 Å². The third kappa shape index (κ3) is 4.22. The van der Waals surface area contributed by atoms with Crippen LogP contribution in [0.3, 0.4) is 0 Å². The average Bonchev–Trinajstić information content (AvgIpc) is 3.15.